The summed E-state index contributed by atoms with van der Waals surface area (Å²) in [4.78, 5) is 28.2. The van der Waals surface area contributed by atoms with Gasteiger partial charge in [0.15, 0.2) is 0 Å². The fourth-order valence-electron chi connectivity index (χ4n) is 3.55. The van der Waals surface area contributed by atoms with Crippen LogP contribution >= 0.6 is 0 Å². The average molecular weight is 332 g/mol. The third-order valence-corrected chi connectivity index (χ3v) is 4.94. The number of hydrogen-bond acceptors (Lipinski definition) is 4. The summed E-state index contributed by atoms with van der Waals surface area (Å²) >= 11 is 0. The van der Waals surface area contributed by atoms with Gasteiger partial charge in [0.25, 0.3) is 0 Å². The van der Waals surface area contributed by atoms with E-state index >= 15 is 0 Å². The van der Waals surface area contributed by atoms with E-state index in [1.807, 2.05) is 23.1 Å². The van der Waals surface area contributed by atoms with Crippen molar-refractivity contribution in [3.05, 3.63) is 24.3 Å². The predicted molar refractivity (Wildman–Crippen MR) is 91.2 cm³/mol. The molecule has 2 fully saturated rings. The highest BCUT2D eigenvalue weighted by Gasteiger charge is 2.46. The predicted octanol–water partition coefficient (Wildman–Crippen LogP) is 1.12. The molecule has 130 valence electrons. The standard InChI is InChI=1S/C17H24N4O3/c1-3-21-10-15(22)18-11-17(21)7-8-20(12-17)16(23)19-13-5-4-6-14(9-13)24-2/h4-6,9H,3,7-8,10-12H2,1-2H3,(H,18,22)(H,19,23). The fraction of sp³-hybridized carbons (Fsp3) is 0.529. The highest BCUT2D eigenvalue weighted by Crippen LogP contribution is 2.30. The molecule has 1 spiro atoms. The number of likely N-dealkylation sites (N-methyl/N-ethyl adjacent to an activating group) is 1. The van der Waals surface area contributed by atoms with Crippen molar-refractivity contribution >= 4 is 17.6 Å². The lowest BCUT2D eigenvalue weighted by Crippen LogP contribution is -2.64. The minimum absolute atomic E-state index is 0.0572. The number of urea groups is 1. The molecular weight excluding hydrogens is 308 g/mol. The molecule has 7 heteroatoms. The molecule has 2 saturated heterocycles. The zero-order valence-corrected chi connectivity index (χ0v) is 14.2. The molecule has 0 saturated carbocycles. The number of benzene rings is 1. The molecule has 1 unspecified atom stereocenters. The molecule has 1 aromatic rings. The number of rotatable bonds is 3. The Labute approximate surface area is 141 Å². The maximum atomic E-state index is 12.6. The number of likely N-dealkylation sites (tertiary alicyclic amines) is 1. The van der Waals surface area contributed by atoms with Crippen LogP contribution in [0.25, 0.3) is 0 Å². The van der Waals surface area contributed by atoms with Gasteiger partial charge in [0, 0.05) is 31.4 Å². The Kier molecular flexibility index (Phi) is 4.62. The molecule has 3 rings (SSSR count). The van der Waals surface area contributed by atoms with Gasteiger partial charge >= 0.3 is 6.03 Å². The molecule has 3 amide bonds. The summed E-state index contributed by atoms with van der Waals surface area (Å²) in [6.07, 6.45) is 0.868. The topological polar surface area (TPSA) is 73.9 Å². The first-order valence-corrected chi connectivity index (χ1v) is 8.28. The van der Waals surface area contributed by atoms with Crippen molar-refractivity contribution in [2.45, 2.75) is 18.9 Å². The first kappa shape index (κ1) is 16.6. The van der Waals surface area contributed by atoms with Gasteiger partial charge in [-0.15, -0.1) is 0 Å². The molecule has 1 atom stereocenters. The molecule has 0 aliphatic carbocycles. The quantitative estimate of drug-likeness (QED) is 0.870. The molecule has 0 radical (unpaired) electrons. The minimum atomic E-state index is -0.144. The summed E-state index contributed by atoms with van der Waals surface area (Å²) in [6.45, 7) is 5.17. The van der Waals surface area contributed by atoms with Gasteiger partial charge in [-0.05, 0) is 25.1 Å². The van der Waals surface area contributed by atoms with Crippen LogP contribution in [0.1, 0.15) is 13.3 Å². The third kappa shape index (κ3) is 3.17. The van der Waals surface area contributed by atoms with E-state index in [1.165, 1.54) is 0 Å². The van der Waals surface area contributed by atoms with Gasteiger partial charge in [-0.3, -0.25) is 9.69 Å². The maximum absolute atomic E-state index is 12.6. The molecule has 0 aromatic heterocycles. The molecule has 0 bridgehead atoms. The monoisotopic (exact) mass is 332 g/mol. The number of amides is 3. The number of carbonyl (C=O) groups is 2. The second kappa shape index (κ2) is 6.68. The van der Waals surface area contributed by atoms with Crippen LogP contribution in [0.3, 0.4) is 0 Å². The van der Waals surface area contributed by atoms with Crippen molar-refractivity contribution in [1.29, 1.82) is 0 Å². The minimum Gasteiger partial charge on any atom is -0.497 e. The van der Waals surface area contributed by atoms with E-state index in [4.69, 9.17) is 4.74 Å². The Morgan fingerprint density at radius 3 is 3.04 bits per heavy atom. The number of carbonyl (C=O) groups excluding carboxylic acids is 2. The van der Waals surface area contributed by atoms with Crippen LogP contribution in [-0.2, 0) is 4.79 Å². The van der Waals surface area contributed by atoms with Gasteiger partial charge in [0.05, 0.1) is 19.2 Å². The van der Waals surface area contributed by atoms with E-state index in [1.54, 1.807) is 13.2 Å². The molecule has 2 aliphatic heterocycles. The molecule has 2 aliphatic rings. The zero-order valence-electron chi connectivity index (χ0n) is 14.2. The SMILES string of the molecule is CCN1CC(=O)NCC12CCN(C(=O)Nc1cccc(OC)c1)C2. The fourth-order valence-corrected chi connectivity index (χ4v) is 3.55. The second-order valence-electron chi connectivity index (χ2n) is 6.35. The van der Waals surface area contributed by atoms with Gasteiger partial charge in [0.1, 0.15) is 5.75 Å². The van der Waals surface area contributed by atoms with Crippen molar-refractivity contribution < 1.29 is 14.3 Å². The Balaban J connectivity index is 1.66. The summed E-state index contributed by atoms with van der Waals surface area (Å²) in [5, 5.41) is 5.87. The number of hydrogen-bond donors (Lipinski definition) is 2. The van der Waals surface area contributed by atoms with Crippen LogP contribution in [0.5, 0.6) is 5.75 Å². The lowest BCUT2D eigenvalue weighted by molar-refractivity contribution is -0.128. The van der Waals surface area contributed by atoms with Crippen LogP contribution in [0.15, 0.2) is 24.3 Å². The van der Waals surface area contributed by atoms with Crippen molar-refractivity contribution in [3.8, 4) is 5.75 Å². The number of nitrogens with one attached hydrogen (secondary N) is 2. The van der Waals surface area contributed by atoms with Gasteiger partial charge < -0.3 is 20.3 Å². The Morgan fingerprint density at radius 2 is 2.29 bits per heavy atom. The van der Waals surface area contributed by atoms with E-state index < -0.39 is 0 Å². The van der Waals surface area contributed by atoms with Gasteiger partial charge in [-0.2, -0.15) is 0 Å². The van der Waals surface area contributed by atoms with E-state index in [2.05, 4.69) is 22.5 Å². The number of piperazine rings is 1. The number of anilines is 1. The third-order valence-electron chi connectivity index (χ3n) is 4.94. The van der Waals surface area contributed by atoms with Crippen LogP contribution in [-0.4, -0.2) is 67.1 Å². The van der Waals surface area contributed by atoms with Crippen LogP contribution < -0.4 is 15.4 Å². The lowest BCUT2D eigenvalue weighted by atomic mass is 9.93. The first-order valence-electron chi connectivity index (χ1n) is 8.28. The van der Waals surface area contributed by atoms with Crippen molar-refractivity contribution in [2.75, 3.05) is 45.2 Å². The van der Waals surface area contributed by atoms with Crippen molar-refractivity contribution in [2.24, 2.45) is 0 Å². The molecule has 2 N–H and O–H groups in total. The van der Waals surface area contributed by atoms with Crippen LogP contribution in [0.4, 0.5) is 10.5 Å². The Hall–Kier alpha value is -2.28. The largest absolute Gasteiger partial charge is 0.497 e. The van der Waals surface area contributed by atoms with E-state index in [9.17, 15) is 9.59 Å². The van der Waals surface area contributed by atoms with Gasteiger partial charge in [-0.1, -0.05) is 13.0 Å². The summed E-state index contributed by atoms with van der Waals surface area (Å²) in [7, 11) is 1.60. The Morgan fingerprint density at radius 1 is 1.46 bits per heavy atom. The summed E-state index contributed by atoms with van der Waals surface area (Å²) in [5.74, 6) is 0.764. The molecule has 7 nitrogen and oxygen atoms in total. The van der Waals surface area contributed by atoms with Crippen LogP contribution in [0, 0.1) is 0 Å². The van der Waals surface area contributed by atoms with Gasteiger partial charge in [-0.25, -0.2) is 4.79 Å². The van der Waals surface area contributed by atoms with E-state index in [0.29, 0.717) is 37.6 Å². The van der Waals surface area contributed by atoms with E-state index in [-0.39, 0.29) is 17.5 Å². The highest BCUT2D eigenvalue weighted by atomic mass is 16.5. The number of ether oxygens (including phenoxy) is 1. The maximum Gasteiger partial charge on any atom is 0.321 e. The summed E-state index contributed by atoms with van der Waals surface area (Å²) in [6, 6.07) is 7.20. The van der Waals surface area contributed by atoms with Crippen molar-refractivity contribution in [3.63, 3.8) is 0 Å². The molecular formula is C17H24N4O3. The average Bonchev–Trinajstić information content (AvgIpc) is 3.02. The molecule has 2 heterocycles. The number of methoxy groups -OCH3 is 1. The summed E-state index contributed by atoms with van der Waals surface area (Å²) in [5.41, 5.74) is 0.568. The lowest BCUT2D eigenvalue weighted by Gasteiger charge is -2.43. The Bertz CT molecular complexity index is 636. The first-order chi connectivity index (χ1) is 11.6. The summed E-state index contributed by atoms with van der Waals surface area (Å²) < 4.78 is 5.18. The molecule has 1 aromatic carbocycles. The number of nitrogens with zero attached hydrogens (tertiary/aromatic N) is 2. The zero-order chi connectivity index (χ0) is 17.2. The smallest absolute Gasteiger partial charge is 0.321 e. The molecule has 24 heavy (non-hydrogen) atoms. The highest BCUT2D eigenvalue weighted by molar-refractivity contribution is 5.90. The second-order valence-corrected chi connectivity index (χ2v) is 6.35. The van der Waals surface area contributed by atoms with Crippen LogP contribution in [0.2, 0.25) is 0 Å². The van der Waals surface area contributed by atoms with Gasteiger partial charge in [0.2, 0.25) is 5.91 Å². The van der Waals surface area contributed by atoms with E-state index in [0.717, 1.165) is 13.0 Å². The normalized spacial score (nSPS) is 24.1. The van der Waals surface area contributed by atoms with Crippen molar-refractivity contribution in [1.82, 2.24) is 15.1 Å².